The van der Waals surface area contributed by atoms with Crippen LogP contribution in [0.15, 0.2) is 199 Å². The lowest BCUT2D eigenvalue weighted by molar-refractivity contribution is -0.0943. The number of rotatable bonds is 12. The number of aromatic nitrogens is 2. The predicted octanol–water partition coefficient (Wildman–Crippen LogP) is 8.30. The highest BCUT2D eigenvalue weighted by molar-refractivity contribution is 5.58. The molecule has 0 radical (unpaired) electrons. The molecule has 268 valence electrons. The van der Waals surface area contributed by atoms with E-state index in [1.54, 1.807) is 12.3 Å². The second kappa shape index (κ2) is 15.5. The highest BCUT2D eigenvalue weighted by atomic mass is 16.6. The molecule has 7 heteroatoms. The summed E-state index contributed by atoms with van der Waals surface area (Å²) in [5, 5.41) is 15.0. The second-order valence-corrected chi connectivity index (χ2v) is 13.5. The Hall–Kier alpha value is -6.12. The topological polar surface area (TPSA) is 85.6 Å². The van der Waals surface area contributed by atoms with E-state index in [-0.39, 0.29) is 13.0 Å². The molecule has 1 saturated heterocycles. The molecule has 0 saturated carbocycles. The average molecular weight is 712 g/mol. The Balaban J connectivity index is 1.09. The van der Waals surface area contributed by atoms with Gasteiger partial charge in [0.2, 0.25) is 0 Å². The molecular weight excluding hydrogens is 671 g/mol. The summed E-state index contributed by atoms with van der Waals surface area (Å²) in [6.07, 6.45) is -0.408. The molecule has 2 heterocycles. The number of hydrogen-bond acceptors (Lipinski definition) is 6. The summed E-state index contributed by atoms with van der Waals surface area (Å²) in [7, 11) is 0. The fraction of sp³-hybridized carbons (Fsp3) is 0.149. The van der Waals surface area contributed by atoms with Gasteiger partial charge in [0.25, 0.3) is 0 Å². The molecule has 7 nitrogen and oxygen atoms in total. The van der Waals surface area contributed by atoms with Crippen LogP contribution in [0.2, 0.25) is 0 Å². The molecule has 1 aromatic heterocycles. The number of hydrogen-bond donors (Lipinski definition) is 2. The van der Waals surface area contributed by atoms with Crippen molar-refractivity contribution in [3.8, 4) is 0 Å². The minimum absolute atomic E-state index is 0.0753. The van der Waals surface area contributed by atoms with Crippen molar-refractivity contribution in [1.29, 1.82) is 0 Å². The summed E-state index contributed by atoms with van der Waals surface area (Å²) in [6.45, 7) is 0.0753. The van der Waals surface area contributed by atoms with E-state index in [0.717, 1.165) is 33.4 Å². The van der Waals surface area contributed by atoms with Crippen molar-refractivity contribution in [3.63, 3.8) is 0 Å². The number of ether oxygens (including phenoxy) is 2. The summed E-state index contributed by atoms with van der Waals surface area (Å²) < 4.78 is 14.8. The van der Waals surface area contributed by atoms with E-state index >= 15 is 0 Å². The summed E-state index contributed by atoms with van der Waals surface area (Å²) in [5.74, 6) is 0.407. The lowest BCUT2D eigenvalue weighted by Gasteiger charge is -2.37. The van der Waals surface area contributed by atoms with Crippen LogP contribution >= 0.6 is 0 Å². The minimum atomic E-state index is -0.973. The number of aliphatic hydroxyl groups is 1. The maximum absolute atomic E-state index is 13.8. The van der Waals surface area contributed by atoms with Crippen molar-refractivity contribution in [2.24, 2.45) is 0 Å². The van der Waals surface area contributed by atoms with Crippen molar-refractivity contribution in [2.75, 3.05) is 11.9 Å². The van der Waals surface area contributed by atoms with Gasteiger partial charge in [-0.1, -0.05) is 182 Å². The Labute approximate surface area is 315 Å². The molecule has 6 aromatic carbocycles. The Morgan fingerprint density at radius 2 is 1.00 bits per heavy atom. The zero-order chi connectivity index (χ0) is 36.8. The van der Waals surface area contributed by atoms with E-state index in [0.29, 0.717) is 5.82 Å². The second-order valence-electron chi connectivity index (χ2n) is 13.5. The van der Waals surface area contributed by atoms with Gasteiger partial charge in [-0.15, -0.1) is 0 Å². The molecule has 1 fully saturated rings. The standard InChI is InChI=1S/C47H41N3O4/c51-41-33-44(54-42(41)34-53-47(38-25-13-4-14-26-38,39-27-15-5-16-28-39)40-29-17-6-18-30-40)50-32-31-43(48-45(50)52)49-46(35-19-7-1-8-20-35,36-21-9-2-10-22-36)37-23-11-3-12-24-37/h1-32,41-42,44,51H,33-34H2,(H,48,49,52)/t41-,42+,44+/m0/s1. The van der Waals surface area contributed by atoms with Crippen LogP contribution in [0.3, 0.4) is 0 Å². The SMILES string of the molecule is O=c1nc(NC(c2ccccc2)(c2ccccc2)c2ccccc2)ccn1[C@H]1C[C@H](O)[C@@H](COC(c2ccccc2)(c2ccccc2)c2ccccc2)O1. The van der Waals surface area contributed by atoms with Gasteiger partial charge in [-0.2, -0.15) is 4.98 Å². The maximum atomic E-state index is 13.8. The third-order valence-electron chi connectivity index (χ3n) is 10.3. The number of nitrogens with zero attached hydrogens (tertiary/aromatic N) is 2. The van der Waals surface area contributed by atoms with E-state index in [1.165, 1.54) is 4.57 Å². The van der Waals surface area contributed by atoms with Crippen LogP contribution in [-0.2, 0) is 20.6 Å². The molecular formula is C47H41N3O4. The molecule has 3 atom stereocenters. The van der Waals surface area contributed by atoms with Crippen LogP contribution in [0, 0.1) is 0 Å². The maximum Gasteiger partial charge on any atom is 0.351 e. The smallest absolute Gasteiger partial charge is 0.351 e. The molecule has 2 N–H and O–H groups in total. The molecule has 1 aliphatic rings. The van der Waals surface area contributed by atoms with Gasteiger partial charge in [-0.25, -0.2) is 4.79 Å². The van der Waals surface area contributed by atoms with Gasteiger partial charge in [0.15, 0.2) is 0 Å². The molecule has 7 aromatic rings. The van der Waals surface area contributed by atoms with Gasteiger partial charge in [0, 0.05) is 12.6 Å². The van der Waals surface area contributed by atoms with Crippen molar-refractivity contribution >= 4 is 5.82 Å². The van der Waals surface area contributed by atoms with Crippen LogP contribution in [-0.4, -0.2) is 33.5 Å². The third kappa shape index (κ3) is 6.65. The Bertz CT molecular complexity index is 2110. The number of anilines is 1. The Morgan fingerprint density at radius 1 is 0.611 bits per heavy atom. The first-order valence-electron chi connectivity index (χ1n) is 18.3. The summed E-state index contributed by atoms with van der Waals surface area (Å²) in [6, 6.07) is 62.5. The van der Waals surface area contributed by atoms with Gasteiger partial charge >= 0.3 is 5.69 Å². The van der Waals surface area contributed by atoms with E-state index in [2.05, 4.69) is 83.1 Å². The van der Waals surface area contributed by atoms with Gasteiger partial charge in [-0.05, 0) is 39.4 Å². The van der Waals surface area contributed by atoms with Crippen LogP contribution < -0.4 is 11.0 Å². The molecule has 54 heavy (non-hydrogen) atoms. The molecule has 0 unspecified atom stereocenters. The van der Waals surface area contributed by atoms with Gasteiger partial charge in [-0.3, -0.25) is 4.57 Å². The zero-order valence-corrected chi connectivity index (χ0v) is 29.7. The zero-order valence-electron chi connectivity index (χ0n) is 29.7. The summed E-state index contributed by atoms with van der Waals surface area (Å²) >= 11 is 0. The van der Waals surface area contributed by atoms with E-state index in [4.69, 9.17) is 9.47 Å². The fourth-order valence-electron chi connectivity index (χ4n) is 7.69. The average Bonchev–Trinajstić information content (AvgIpc) is 3.61. The molecule has 0 bridgehead atoms. The number of benzene rings is 6. The fourth-order valence-corrected chi connectivity index (χ4v) is 7.69. The summed E-state index contributed by atoms with van der Waals surface area (Å²) in [5.41, 5.74) is 3.53. The van der Waals surface area contributed by atoms with Crippen LogP contribution in [0.25, 0.3) is 0 Å². The molecule has 0 aliphatic carbocycles. The van der Waals surface area contributed by atoms with Crippen LogP contribution in [0.1, 0.15) is 46.0 Å². The Kier molecular flexibility index (Phi) is 10.0. The van der Waals surface area contributed by atoms with Crippen molar-refractivity contribution in [2.45, 2.75) is 36.0 Å². The quantitative estimate of drug-likeness (QED) is 0.124. The van der Waals surface area contributed by atoms with Crippen molar-refractivity contribution in [3.05, 3.63) is 238 Å². The molecule has 1 aliphatic heterocycles. The van der Waals surface area contributed by atoms with Gasteiger partial charge in [0.1, 0.15) is 29.3 Å². The normalized spacial score (nSPS) is 17.2. The van der Waals surface area contributed by atoms with E-state index < -0.39 is 35.3 Å². The summed E-state index contributed by atoms with van der Waals surface area (Å²) in [4.78, 5) is 18.4. The lowest BCUT2D eigenvalue weighted by Crippen LogP contribution is -2.39. The van der Waals surface area contributed by atoms with E-state index in [9.17, 15) is 9.90 Å². The van der Waals surface area contributed by atoms with Gasteiger partial charge in [0.05, 0.1) is 12.7 Å². The molecule has 0 spiro atoms. The van der Waals surface area contributed by atoms with Crippen molar-refractivity contribution < 1.29 is 14.6 Å². The van der Waals surface area contributed by atoms with Gasteiger partial charge < -0.3 is 19.9 Å². The van der Waals surface area contributed by atoms with E-state index in [1.807, 2.05) is 109 Å². The highest BCUT2D eigenvalue weighted by Gasteiger charge is 2.42. The number of nitrogens with one attached hydrogen (secondary N) is 1. The predicted molar refractivity (Wildman–Crippen MR) is 211 cm³/mol. The lowest BCUT2D eigenvalue weighted by atomic mass is 9.77. The Morgan fingerprint density at radius 3 is 1.39 bits per heavy atom. The first kappa shape index (κ1) is 34.9. The molecule has 8 rings (SSSR count). The first-order chi connectivity index (χ1) is 26.6. The van der Waals surface area contributed by atoms with Crippen molar-refractivity contribution in [1.82, 2.24) is 9.55 Å². The highest BCUT2D eigenvalue weighted by Crippen LogP contribution is 2.42. The van der Waals surface area contributed by atoms with Crippen LogP contribution in [0.5, 0.6) is 0 Å². The van der Waals surface area contributed by atoms with Crippen LogP contribution in [0.4, 0.5) is 5.82 Å². The molecule has 0 amide bonds. The monoisotopic (exact) mass is 711 g/mol. The minimum Gasteiger partial charge on any atom is -0.390 e. The largest absolute Gasteiger partial charge is 0.390 e. The third-order valence-corrected chi connectivity index (χ3v) is 10.3. The number of aliphatic hydroxyl groups excluding tert-OH is 1. The first-order valence-corrected chi connectivity index (χ1v) is 18.3.